The van der Waals surface area contributed by atoms with Crippen molar-refractivity contribution in [3.05, 3.63) is 0 Å². The minimum absolute atomic E-state index is 0.368. The van der Waals surface area contributed by atoms with E-state index in [0.29, 0.717) is 17.8 Å². The number of hydrogen-bond acceptors (Lipinski definition) is 9. The molecule has 294 valence electrons. The predicted octanol–water partition coefficient (Wildman–Crippen LogP) is 11.6. The molecule has 5 N–H and O–H groups in total. The van der Waals surface area contributed by atoms with Crippen LogP contribution in [0.15, 0.2) is 0 Å². The average Bonchev–Trinajstić information content (AvgIpc) is 3.10. The third-order valence-corrected chi connectivity index (χ3v) is 10.2. The predicted molar refractivity (Wildman–Crippen MR) is 219 cm³/mol. The van der Waals surface area contributed by atoms with Gasteiger partial charge >= 0.3 is 0 Å². The van der Waals surface area contributed by atoms with Crippen molar-refractivity contribution >= 4 is 17.8 Å². The molecule has 0 unspecified atom stereocenters. The SMILES string of the molecule is CCCCCCCCCCCCCCCCCCN(C)c1nc(NN(N)N)nc(N(C)CCCCCCCCCCCCCCCCCC)n1. The maximum Gasteiger partial charge on any atom is 0.246 e. The second kappa shape index (κ2) is 34.4. The van der Waals surface area contributed by atoms with E-state index in [9.17, 15) is 0 Å². The number of hydrogen-bond donors (Lipinski definition) is 3. The van der Waals surface area contributed by atoms with Crippen LogP contribution in [0.3, 0.4) is 0 Å². The van der Waals surface area contributed by atoms with Gasteiger partial charge in [-0.25, -0.2) is 11.7 Å². The van der Waals surface area contributed by atoms with Crippen LogP contribution in [0.25, 0.3) is 0 Å². The van der Waals surface area contributed by atoms with E-state index >= 15 is 0 Å². The Balaban J connectivity index is 2.18. The molecule has 9 nitrogen and oxygen atoms in total. The van der Waals surface area contributed by atoms with Gasteiger partial charge in [0.05, 0.1) is 0 Å². The second-order valence-electron chi connectivity index (χ2n) is 15.2. The van der Waals surface area contributed by atoms with Crippen molar-refractivity contribution in [2.75, 3.05) is 42.4 Å². The molecule has 0 atom stereocenters. The van der Waals surface area contributed by atoms with E-state index in [1.807, 2.05) is 0 Å². The Morgan fingerprint density at radius 3 is 0.860 bits per heavy atom. The van der Waals surface area contributed by atoms with E-state index in [4.69, 9.17) is 16.7 Å². The summed E-state index contributed by atoms with van der Waals surface area (Å²) >= 11 is 0. The number of hydrazine groups is 3. The highest BCUT2D eigenvalue weighted by Crippen LogP contribution is 2.19. The van der Waals surface area contributed by atoms with E-state index in [1.165, 1.54) is 193 Å². The Bertz CT molecular complexity index is 793. The fourth-order valence-electron chi connectivity index (χ4n) is 6.85. The van der Waals surface area contributed by atoms with Crippen molar-refractivity contribution in [2.45, 2.75) is 219 Å². The van der Waals surface area contributed by atoms with Crippen molar-refractivity contribution in [1.29, 1.82) is 0 Å². The van der Waals surface area contributed by atoms with Crippen molar-refractivity contribution in [1.82, 2.24) is 20.2 Å². The molecule has 0 saturated carbocycles. The van der Waals surface area contributed by atoms with Gasteiger partial charge in [-0.2, -0.15) is 15.0 Å². The van der Waals surface area contributed by atoms with Crippen LogP contribution >= 0.6 is 0 Å². The Hall–Kier alpha value is -1.71. The molecule has 0 aliphatic heterocycles. The first-order chi connectivity index (χ1) is 24.5. The molecule has 50 heavy (non-hydrogen) atoms. The normalized spacial score (nSPS) is 11.5. The molecule has 9 heteroatoms. The largest absolute Gasteiger partial charge is 0.344 e. The van der Waals surface area contributed by atoms with Crippen molar-refractivity contribution in [2.24, 2.45) is 11.7 Å². The van der Waals surface area contributed by atoms with Gasteiger partial charge in [0.1, 0.15) is 0 Å². The van der Waals surface area contributed by atoms with Gasteiger partial charge in [0.25, 0.3) is 0 Å². The quantitative estimate of drug-likeness (QED) is 0.0352. The number of aromatic nitrogens is 3. The summed E-state index contributed by atoms with van der Waals surface area (Å²) in [6, 6.07) is 0. The second-order valence-corrected chi connectivity index (χ2v) is 15.2. The Morgan fingerprint density at radius 1 is 0.380 bits per heavy atom. The van der Waals surface area contributed by atoms with Gasteiger partial charge in [-0.3, -0.25) is 5.43 Å². The average molecular weight is 704 g/mol. The van der Waals surface area contributed by atoms with E-state index in [2.05, 4.69) is 53.1 Å². The lowest BCUT2D eigenvalue weighted by Crippen LogP contribution is -2.43. The molecule has 1 heterocycles. The lowest BCUT2D eigenvalue weighted by Gasteiger charge is -2.22. The summed E-state index contributed by atoms with van der Waals surface area (Å²) in [5.74, 6) is 13.0. The summed E-state index contributed by atoms with van der Waals surface area (Å²) in [4.78, 5) is 18.2. The van der Waals surface area contributed by atoms with Crippen LogP contribution < -0.4 is 26.9 Å². The molecule has 1 rings (SSSR count). The zero-order valence-corrected chi connectivity index (χ0v) is 33.9. The van der Waals surface area contributed by atoms with Crippen LogP contribution in [0.4, 0.5) is 17.8 Å². The fraction of sp³-hybridized carbons (Fsp3) is 0.927. The van der Waals surface area contributed by atoms with Crippen LogP contribution in [0, 0.1) is 0 Å². The van der Waals surface area contributed by atoms with E-state index in [0.717, 1.165) is 31.2 Å². The molecule has 0 aliphatic carbocycles. The van der Waals surface area contributed by atoms with E-state index in [-0.39, 0.29) is 0 Å². The number of anilines is 3. The van der Waals surface area contributed by atoms with Crippen molar-refractivity contribution in [3.8, 4) is 0 Å². The Morgan fingerprint density at radius 2 is 0.620 bits per heavy atom. The smallest absolute Gasteiger partial charge is 0.246 e. The molecule has 1 aromatic rings. The van der Waals surface area contributed by atoms with E-state index in [1.54, 1.807) is 0 Å². The van der Waals surface area contributed by atoms with Gasteiger partial charge < -0.3 is 9.80 Å². The van der Waals surface area contributed by atoms with Crippen LogP contribution in [-0.4, -0.2) is 47.4 Å². The number of rotatable bonds is 38. The summed E-state index contributed by atoms with van der Waals surface area (Å²) in [5, 5.41) is 0.897. The minimum atomic E-state index is 0.368. The summed E-state index contributed by atoms with van der Waals surface area (Å²) in [6.45, 7) is 6.42. The molecular formula is C41H85N9. The van der Waals surface area contributed by atoms with Crippen LogP contribution in [0.5, 0.6) is 0 Å². The van der Waals surface area contributed by atoms with Crippen molar-refractivity contribution < 1.29 is 0 Å². The van der Waals surface area contributed by atoms with Gasteiger partial charge in [0, 0.05) is 27.2 Å². The number of nitrogens with two attached hydrogens (primary N) is 2. The molecule has 0 spiro atoms. The molecule has 0 saturated heterocycles. The summed E-state index contributed by atoms with van der Waals surface area (Å²) in [5.41, 5.74) is 2.82. The summed E-state index contributed by atoms with van der Waals surface area (Å²) in [6.07, 6.45) is 44.0. The third kappa shape index (κ3) is 27.9. The highest BCUT2D eigenvalue weighted by molar-refractivity contribution is 5.44. The maximum absolute atomic E-state index is 5.65. The lowest BCUT2D eigenvalue weighted by atomic mass is 10.0. The molecule has 0 fully saturated rings. The molecule has 0 bridgehead atoms. The maximum atomic E-state index is 5.65. The van der Waals surface area contributed by atoms with Gasteiger partial charge in [0.2, 0.25) is 17.8 Å². The zero-order chi connectivity index (χ0) is 36.3. The standard InChI is InChI=1S/C41H85N9/c1-5-7-9-11-13-15-17-19-21-23-25-27-29-31-33-35-37-48(3)40-44-39(47-50(42)43)45-41(46-40)49(4)38-36-34-32-30-28-26-24-22-20-18-16-14-12-10-8-6-2/h5-38,42-43H2,1-4H3,(H,44,45,46,47). The van der Waals surface area contributed by atoms with Gasteiger partial charge in [0.15, 0.2) is 0 Å². The molecule has 1 aromatic heterocycles. The van der Waals surface area contributed by atoms with E-state index < -0.39 is 0 Å². The number of nitrogens with one attached hydrogen (secondary N) is 1. The number of unbranched alkanes of at least 4 members (excludes halogenated alkanes) is 30. The summed E-state index contributed by atoms with van der Waals surface area (Å²) < 4.78 is 0. The summed E-state index contributed by atoms with van der Waals surface area (Å²) in [7, 11) is 4.12. The van der Waals surface area contributed by atoms with Crippen LogP contribution in [0.1, 0.15) is 219 Å². The lowest BCUT2D eigenvalue weighted by molar-refractivity contribution is 0.356. The third-order valence-electron chi connectivity index (χ3n) is 10.2. The van der Waals surface area contributed by atoms with Gasteiger partial charge in [-0.05, 0) is 12.8 Å². The van der Waals surface area contributed by atoms with Gasteiger partial charge in [-0.1, -0.05) is 212 Å². The molecular weight excluding hydrogens is 619 g/mol. The van der Waals surface area contributed by atoms with Crippen LogP contribution in [0.2, 0.25) is 0 Å². The first-order valence-electron chi connectivity index (χ1n) is 21.7. The minimum Gasteiger partial charge on any atom is -0.344 e. The highest BCUT2D eigenvalue weighted by Gasteiger charge is 2.14. The Labute approximate surface area is 310 Å². The van der Waals surface area contributed by atoms with Gasteiger partial charge in [-0.15, -0.1) is 0 Å². The van der Waals surface area contributed by atoms with Crippen molar-refractivity contribution in [3.63, 3.8) is 0 Å². The first kappa shape index (κ1) is 46.3. The molecule has 0 radical (unpaired) electrons. The zero-order valence-electron chi connectivity index (χ0n) is 33.9. The highest BCUT2D eigenvalue weighted by atomic mass is 15.8. The fourth-order valence-corrected chi connectivity index (χ4v) is 6.85. The van der Waals surface area contributed by atoms with Crippen LogP contribution in [-0.2, 0) is 0 Å². The monoisotopic (exact) mass is 704 g/mol. The number of nitrogens with zero attached hydrogens (tertiary/aromatic N) is 6. The molecule has 0 aliphatic rings. The topological polar surface area (TPSA) is 112 Å². The first-order valence-corrected chi connectivity index (χ1v) is 21.7. The molecule has 0 amide bonds. The molecule has 0 aromatic carbocycles. The Kier molecular flexibility index (Phi) is 31.8.